The molecule has 0 amide bonds. The lowest BCUT2D eigenvalue weighted by Crippen LogP contribution is -2.61. The molecule has 1 aliphatic rings. The monoisotopic (exact) mass is 328 g/mol. The van der Waals surface area contributed by atoms with Gasteiger partial charge in [-0.15, -0.1) is 0 Å². The number of hydrogen-bond acceptors (Lipinski definition) is 10. The average Bonchev–Trinajstić information content (AvgIpc) is 2.50. The van der Waals surface area contributed by atoms with Gasteiger partial charge in [0.15, 0.2) is 6.29 Å². The minimum absolute atomic E-state index is 0.670. The zero-order chi connectivity index (χ0) is 17.0. The second kappa shape index (κ2) is 8.45. The van der Waals surface area contributed by atoms with Gasteiger partial charge in [0.25, 0.3) is 0 Å². The van der Waals surface area contributed by atoms with Crippen molar-refractivity contribution < 1.29 is 50.3 Å². The minimum Gasteiger partial charge on any atom is -0.394 e. The summed E-state index contributed by atoms with van der Waals surface area (Å²) in [5, 5.41) is 75.9. The maximum absolute atomic E-state index is 9.82. The molecular weight excluding hydrogens is 304 g/mol. The van der Waals surface area contributed by atoms with Crippen molar-refractivity contribution in [3.8, 4) is 0 Å². The van der Waals surface area contributed by atoms with Gasteiger partial charge >= 0.3 is 0 Å². The predicted octanol–water partition coefficient (Wildman–Crippen LogP) is -4.73. The zero-order valence-corrected chi connectivity index (χ0v) is 12.0. The molecular formula is C12H24O10. The van der Waals surface area contributed by atoms with Crippen LogP contribution >= 0.6 is 0 Å². The lowest BCUT2D eigenvalue weighted by Gasteiger charge is -2.42. The average molecular weight is 328 g/mol. The number of aliphatic hydroxyl groups excluding tert-OH is 8. The van der Waals surface area contributed by atoms with E-state index in [1.807, 2.05) is 0 Å². The summed E-state index contributed by atoms with van der Waals surface area (Å²) in [6, 6.07) is 0. The number of aliphatic hydroxyl groups is 8. The summed E-state index contributed by atoms with van der Waals surface area (Å²) in [5.74, 6) is 0. The van der Waals surface area contributed by atoms with E-state index in [0.717, 1.165) is 0 Å². The van der Waals surface area contributed by atoms with Gasteiger partial charge in [0.2, 0.25) is 0 Å². The Hall–Kier alpha value is -0.400. The Bertz CT molecular complexity index is 325. The summed E-state index contributed by atoms with van der Waals surface area (Å²) in [4.78, 5) is 0. The first-order chi connectivity index (χ1) is 10.2. The smallest absolute Gasteiger partial charge is 0.187 e. The Morgan fingerprint density at radius 3 is 2.05 bits per heavy atom. The van der Waals surface area contributed by atoms with Gasteiger partial charge < -0.3 is 50.3 Å². The maximum atomic E-state index is 9.82. The van der Waals surface area contributed by atoms with Crippen LogP contribution < -0.4 is 0 Å². The zero-order valence-electron chi connectivity index (χ0n) is 12.0. The Labute approximate surface area is 126 Å². The van der Waals surface area contributed by atoms with E-state index >= 15 is 0 Å². The van der Waals surface area contributed by atoms with Crippen molar-refractivity contribution in [3.05, 3.63) is 0 Å². The summed E-state index contributed by atoms with van der Waals surface area (Å²) in [6.45, 7) is -0.249. The first-order valence-corrected chi connectivity index (χ1v) is 6.85. The molecule has 1 heterocycles. The normalized spacial score (nSPS) is 38.3. The quantitative estimate of drug-likeness (QED) is 0.226. The summed E-state index contributed by atoms with van der Waals surface area (Å²) in [7, 11) is 0. The SMILES string of the molecule is CC(O)[C@@H](O)[C@@H](O[C@H]1OC(CO)[C@@H](O)C(O)[C@H]1O)C(O)CO. The van der Waals surface area contributed by atoms with Crippen LogP contribution in [-0.2, 0) is 9.47 Å². The fourth-order valence-electron chi connectivity index (χ4n) is 2.11. The van der Waals surface area contributed by atoms with Crippen LogP contribution in [0.1, 0.15) is 6.92 Å². The van der Waals surface area contributed by atoms with Crippen molar-refractivity contribution in [2.75, 3.05) is 13.2 Å². The minimum atomic E-state index is -1.73. The molecule has 0 aromatic rings. The van der Waals surface area contributed by atoms with Crippen LogP contribution in [0.4, 0.5) is 0 Å². The largest absolute Gasteiger partial charge is 0.394 e. The van der Waals surface area contributed by atoms with Gasteiger partial charge in [0, 0.05) is 0 Å². The molecule has 0 aromatic heterocycles. The van der Waals surface area contributed by atoms with Crippen molar-refractivity contribution in [2.45, 2.75) is 62.0 Å². The molecule has 10 nitrogen and oxygen atoms in total. The van der Waals surface area contributed by atoms with Gasteiger partial charge in [-0.1, -0.05) is 0 Å². The second-order valence-electron chi connectivity index (χ2n) is 5.28. The molecule has 1 saturated heterocycles. The molecule has 4 unspecified atom stereocenters. The van der Waals surface area contributed by atoms with E-state index in [1.165, 1.54) is 6.92 Å². The molecule has 132 valence electrons. The number of ether oxygens (including phenoxy) is 2. The summed E-state index contributed by atoms with van der Waals surface area (Å²) in [6.07, 6.45) is -13.9. The van der Waals surface area contributed by atoms with Crippen molar-refractivity contribution in [1.82, 2.24) is 0 Å². The predicted molar refractivity (Wildman–Crippen MR) is 69.4 cm³/mol. The van der Waals surface area contributed by atoms with E-state index in [-0.39, 0.29) is 0 Å². The van der Waals surface area contributed by atoms with Crippen LogP contribution in [0.2, 0.25) is 0 Å². The van der Waals surface area contributed by atoms with Crippen LogP contribution in [0.25, 0.3) is 0 Å². The van der Waals surface area contributed by atoms with Crippen molar-refractivity contribution in [3.63, 3.8) is 0 Å². The molecule has 0 saturated carbocycles. The van der Waals surface area contributed by atoms with E-state index in [2.05, 4.69) is 0 Å². The Morgan fingerprint density at radius 1 is 1.00 bits per heavy atom. The highest BCUT2D eigenvalue weighted by molar-refractivity contribution is 4.90. The molecule has 0 aliphatic carbocycles. The van der Waals surface area contributed by atoms with Gasteiger partial charge in [0.1, 0.15) is 42.7 Å². The fraction of sp³-hybridized carbons (Fsp3) is 1.00. The Kier molecular flexibility index (Phi) is 7.55. The second-order valence-corrected chi connectivity index (χ2v) is 5.28. The summed E-state index contributed by atoms with van der Waals surface area (Å²) in [5.41, 5.74) is 0. The van der Waals surface area contributed by atoms with Crippen LogP contribution in [-0.4, -0.2) is 109 Å². The van der Waals surface area contributed by atoms with E-state index < -0.39 is 68.3 Å². The topological polar surface area (TPSA) is 180 Å². The van der Waals surface area contributed by atoms with E-state index in [4.69, 9.17) is 19.7 Å². The molecule has 0 aromatic carbocycles. The van der Waals surface area contributed by atoms with Crippen molar-refractivity contribution in [1.29, 1.82) is 0 Å². The molecule has 10 heteroatoms. The van der Waals surface area contributed by atoms with Gasteiger partial charge in [-0.25, -0.2) is 0 Å². The van der Waals surface area contributed by atoms with Crippen LogP contribution in [0.15, 0.2) is 0 Å². The fourth-order valence-corrected chi connectivity index (χ4v) is 2.11. The van der Waals surface area contributed by atoms with Gasteiger partial charge in [-0.2, -0.15) is 0 Å². The van der Waals surface area contributed by atoms with E-state index in [0.29, 0.717) is 0 Å². The molecule has 1 rings (SSSR count). The summed E-state index contributed by atoms with van der Waals surface area (Å²) < 4.78 is 10.2. The van der Waals surface area contributed by atoms with Crippen LogP contribution in [0.3, 0.4) is 0 Å². The summed E-state index contributed by atoms with van der Waals surface area (Å²) >= 11 is 0. The Morgan fingerprint density at radius 2 is 1.59 bits per heavy atom. The molecule has 1 fully saturated rings. The molecule has 0 spiro atoms. The first-order valence-electron chi connectivity index (χ1n) is 6.85. The number of rotatable bonds is 7. The van der Waals surface area contributed by atoms with Crippen molar-refractivity contribution >= 4 is 0 Å². The third kappa shape index (κ3) is 4.32. The van der Waals surface area contributed by atoms with Crippen LogP contribution in [0, 0.1) is 0 Å². The molecule has 0 bridgehead atoms. The Balaban J connectivity index is 2.86. The molecule has 9 atom stereocenters. The van der Waals surface area contributed by atoms with Gasteiger partial charge in [-0.3, -0.25) is 0 Å². The highest BCUT2D eigenvalue weighted by Crippen LogP contribution is 2.24. The molecule has 22 heavy (non-hydrogen) atoms. The highest BCUT2D eigenvalue weighted by Gasteiger charge is 2.46. The first kappa shape index (κ1) is 19.6. The van der Waals surface area contributed by atoms with E-state index in [9.17, 15) is 30.6 Å². The van der Waals surface area contributed by atoms with Crippen molar-refractivity contribution in [2.24, 2.45) is 0 Å². The van der Waals surface area contributed by atoms with Gasteiger partial charge in [0.05, 0.1) is 19.3 Å². The van der Waals surface area contributed by atoms with Crippen LogP contribution in [0.5, 0.6) is 0 Å². The maximum Gasteiger partial charge on any atom is 0.187 e. The standard InChI is InChI=1S/C12H24O10/c1-4(15)7(17)11(5(16)2-13)22-12-10(20)9(19)8(18)6(3-14)21-12/h4-20H,2-3H2,1H3/t4?,5?,6?,7-,8-,9?,10-,11+,12-/m1/s1. The third-order valence-corrected chi connectivity index (χ3v) is 3.54. The van der Waals surface area contributed by atoms with Gasteiger partial charge in [-0.05, 0) is 6.92 Å². The highest BCUT2D eigenvalue weighted by atomic mass is 16.7. The molecule has 0 radical (unpaired) electrons. The third-order valence-electron chi connectivity index (χ3n) is 3.54. The van der Waals surface area contributed by atoms with E-state index in [1.54, 1.807) is 0 Å². The lowest BCUT2D eigenvalue weighted by atomic mass is 9.98. The molecule has 1 aliphatic heterocycles. The molecule has 8 N–H and O–H groups in total. The number of hydrogen-bond donors (Lipinski definition) is 8. The lowest BCUT2D eigenvalue weighted by molar-refractivity contribution is -0.326.